The summed E-state index contributed by atoms with van der Waals surface area (Å²) in [5.74, 6) is -1.52. The van der Waals surface area contributed by atoms with Crippen LogP contribution < -0.4 is 10.1 Å². The Morgan fingerprint density at radius 3 is 2.06 bits per heavy atom. The van der Waals surface area contributed by atoms with Crippen LogP contribution in [0.15, 0.2) is 48.5 Å². The minimum atomic E-state index is -1.11. The second-order valence-electron chi connectivity index (χ2n) is 8.64. The fourth-order valence-corrected chi connectivity index (χ4v) is 3.82. The number of methoxy groups -OCH3 is 1. The van der Waals surface area contributed by atoms with Crippen molar-refractivity contribution in [2.24, 2.45) is 5.92 Å². The van der Waals surface area contributed by atoms with Gasteiger partial charge in [-0.05, 0) is 55.5 Å². The van der Waals surface area contributed by atoms with Crippen molar-refractivity contribution in [1.82, 2.24) is 10.2 Å². The van der Waals surface area contributed by atoms with Gasteiger partial charge in [-0.15, -0.1) is 0 Å². The molecule has 180 valence electrons. The SMILES string of the molecule is COc1ccc(CCNC(=O)C(C)OC(=O)C(CC(C)C)N2C(=O)c3ccccc3C2=O)cc1. The Kier molecular flexibility index (Phi) is 8.04. The molecule has 8 nitrogen and oxygen atoms in total. The molecule has 0 radical (unpaired) electrons. The van der Waals surface area contributed by atoms with Crippen molar-refractivity contribution in [2.75, 3.05) is 13.7 Å². The van der Waals surface area contributed by atoms with E-state index in [9.17, 15) is 19.2 Å². The number of hydrogen-bond acceptors (Lipinski definition) is 6. The van der Waals surface area contributed by atoms with Gasteiger partial charge in [0.2, 0.25) is 0 Å². The van der Waals surface area contributed by atoms with E-state index in [0.717, 1.165) is 16.2 Å². The number of fused-ring (bicyclic) bond motifs is 1. The van der Waals surface area contributed by atoms with E-state index in [1.807, 2.05) is 38.1 Å². The van der Waals surface area contributed by atoms with Gasteiger partial charge in [0.05, 0.1) is 18.2 Å². The summed E-state index contributed by atoms with van der Waals surface area (Å²) in [5.41, 5.74) is 1.55. The minimum absolute atomic E-state index is 0.00971. The Morgan fingerprint density at radius 1 is 0.941 bits per heavy atom. The lowest BCUT2D eigenvalue weighted by atomic mass is 10.0. The number of carbonyl (C=O) groups excluding carboxylic acids is 4. The first kappa shape index (κ1) is 25.0. The van der Waals surface area contributed by atoms with Crippen LogP contribution >= 0.6 is 0 Å². The Bertz CT molecular complexity index is 1030. The smallest absolute Gasteiger partial charge is 0.330 e. The van der Waals surface area contributed by atoms with Gasteiger partial charge < -0.3 is 14.8 Å². The highest BCUT2D eigenvalue weighted by Gasteiger charge is 2.44. The number of imide groups is 1. The molecule has 0 spiro atoms. The first-order valence-corrected chi connectivity index (χ1v) is 11.3. The molecule has 0 bridgehead atoms. The highest BCUT2D eigenvalue weighted by Crippen LogP contribution is 2.27. The quantitative estimate of drug-likeness (QED) is 0.427. The molecule has 2 unspecified atom stereocenters. The van der Waals surface area contributed by atoms with Crippen LogP contribution in [0.3, 0.4) is 0 Å². The molecule has 1 N–H and O–H groups in total. The van der Waals surface area contributed by atoms with Crippen molar-refractivity contribution in [3.63, 3.8) is 0 Å². The van der Waals surface area contributed by atoms with Gasteiger partial charge in [-0.2, -0.15) is 0 Å². The topological polar surface area (TPSA) is 102 Å². The fourth-order valence-electron chi connectivity index (χ4n) is 3.82. The van der Waals surface area contributed by atoms with E-state index < -0.39 is 35.8 Å². The average Bonchev–Trinajstić information content (AvgIpc) is 3.07. The Morgan fingerprint density at radius 2 is 1.53 bits per heavy atom. The van der Waals surface area contributed by atoms with Gasteiger partial charge in [0.1, 0.15) is 11.8 Å². The molecule has 2 atom stereocenters. The first-order valence-electron chi connectivity index (χ1n) is 11.3. The molecule has 0 aromatic heterocycles. The van der Waals surface area contributed by atoms with Crippen molar-refractivity contribution in [2.45, 2.75) is 45.8 Å². The van der Waals surface area contributed by atoms with Gasteiger partial charge in [0.25, 0.3) is 17.7 Å². The highest BCUT2D eigenvalue weighted by molar-refractivity contribution is 6.22. The van der Waals surface area contributed by atoms with Crippen LogP contribution in [0.25, 0.3) is 0 Å². The summed E-state index contributed by atoms with van der Waals surface area (Å²) in [4.78, 5) is 52.2. The molecule has 0 saturated carbocycles. The molecule has 34 heavy (non-hydrogen) atoms. The van der Waals surface area contributed by atoms with Crippen molar-refractivity contribution in [1.29, 1.82) is 0 Å². The van der Waals surface area contributed by atoms with Crippen LogP contribution in [0.5, 0.6) is 5.75 Å². The lowest BCUT2D eigenvalue weighted by molar-refractivity contribution is -0.159. The largest absolute Gasteiger partial charge is 0.497 e. The molecule has 8 heteroatoms. The summed E-state index contributed by atoms with van der Waals surface area (Å²) < 4.78 is 10.5. The molecule has 3 rings (SSSR count). The number of rotatable bonds is 10. The summed E-state index contributed by atoms with van der Waals surface area (Å²) in [6.45, 7) is 5.60. The van der Waals surface area contributed by atoms with Crippen LogP contribution in [0.2, 0.25) is 0 Å². The van der Waals surface area contributed by atoms with Crippen LogP contribution in [-0.2, 0) is 20.7 Å². The van der Waals surface area contributed by atoms with E-state index in [2.05, 4.69) is 5.32 Å². The van der Waals surface area contributed by atoms with Crippen molar-refractivity contribution >= 4 is 23.7 Å². The lowest BCUT2D eigenvalue weighted by Gasteiger charge is -2.27. The maximum Gasteiger partial charge on any atom is 0.330 e. The van der Waals surface area contributed by atoms with Crippen LogP contribution in [0.4, 0.5) is 0 Å². The van der Waals surface area contributed by atoms with Crippen molar-refractivity contribution in [3.8, 4) is 5.75 Å². The molecule has 1 aliphatic rings. The van der Waals surface area contributed by atoms with E-state index in [-0.39, 0.29) is 23.5 Å². The Balaban J connectivity index is 1.60. The number of nitrogens with zero attached hydrogens (tertiary/aromatic N) is 1. The summed E-state index contributed by atoms with van der Waals surface area (Å²) in [7, 11) is 1.60. The summed E-state index contributed by atoms with van der Waals surface area (Å²) in [6.07, 6.45) is -0.245. The summed E-state index contributed by atoms with van der Waals surface area (Å²) in [5, 5.41) is 2.75. The maximum atomic E-state index is 13.0. The van der Waals surface area contributed by atoms with E-state index in [0.29, 0.717) is 13.0 Å². The third-order valence-corrected chi connectivity index (χ3v) is 5.64. The van der Waals surface area contributed by atoms with Gasteiger partial charge in [0, 0.05) is 6.54 Å². The van der Waals surface area contributed by atoms with Crippen LogP contribution in [0, 0.1) is 5.92 Å². The van der Waals surface area contributed by atoms with E-state index >= 15 is 0 Å². The first-order chi connectivity index (χ1) is 16.2. The number of ether oxygens (including phenoxy) is 2. The van der Waals surface area contributed by atoms with E-state index in [4.69, 9.17) is 9.47 Å². The fraction of sp³-hybridized carbons (Fsp3) is 0.385. The number of benzene rings is 2. The average molecular weight is 467 g/mol. The molecule has 0 fully saturated rings. The van der Waals surface area contributed by atoms with Crippen LogP contribution in [-0.4, -0.2) is 54.4 Å². The second kappa shape index (κ2) is 11.0. The molecule has 1 heterocycles. The zero-order valence-corrected chi connectivity index (χ0v) is 19.9. The number of amides is 3. The Labute approximate surface area is 199 Å². The predicted molar refractivity (Wildman–Crippen MR) is 125 cm³/mol. The van der Waals surface area contributed by atoms with Gasteiger partial charge >= 0.3 is 5.97 Å². The molecule has 2 aromatic carbocycles. The van der Waals surface area contributed by atoms with Gasteiger partial charge in [-0.25, -0.2) is 4.79 Å². The monoisotopic (exact) mass is 466 g/mol. The van der Waals surface area contributed by atoms with Crippen LogP contribution in [0.1, 0.15) is 53.5 Å². The maximum absolute atomic E-state index is 13.0. The normalized spacial score (nSPS) is 14.6. The molecule has 0 aliphatic carbocycles. The zero-order valence-electron chi connectivity index (χ0n) is 19.9. The molecular weight excluding hydrogens is 436 g/mol. The van der Waals surface area contributed by atoms with Gasteiger partial charge in [0.15, 0.2) is 6.10 Å². The number of hydrogen-bond donors (Lipinski definition) is 1. The third kappa shape index (κ3) is 5.62. The van der Waals surface area contributed by atoms with Crippen molar-refractivity contribution in [3.05, 3.63) is 65.2 Å². The van der Waals surface area contributed by atoms with Gasteiger partial charge in [-0.3, -0.25) is 19.3 Å². The number of esters is 1. The number of carbonyl (C=O) groups is 4. The Hall–Kier alpha value is -3.68. The minimum Gasteiger partial charge on any atom is -0.497 e. The second-order valence-corrected chi connectivity index (χ2v) is 8.64. The van der Waals surface area contributed by atoms with E-state index in [1.165, 1.54) is 6.92 Å². The third-order valence-electron chi connectivity index (χ3n) is 5.64. The summed E-state index contributed by atoms with van der Waals surface area (Å²) in [6, 6.07) is 12.9. The van der Waals surface area contributed by atoms with E-state index in [1.54, 1.807) is 31.4 Å². The predicted octanol–water partition coefficient (Wildman–Crippen LogP) is 3.00. The highest BCUT2D eigenvalue weighted by atomic mass is 16.5. The van der Waals surface area contributed by atoms with Gasteiger partial charge in [-0.1, -0.05) is 38.1 Å². The molecule has 0 saturated heterocycles. The standard InChI is InChI=1S/C26H30N2O6/c1-16(2)15-22(28-24(30)20-7-5-6-8-21(20)25(28)31)26(32)34-17(3)23(29)27-14-13-18-9-11-19(33-4)12-10-18/h5-12,16-17,22H,13-15H2,1-4H3,(H,27,29). The summed E-state index contributed by atoms with van der Waals surface area (Å²) >= 11 is 0. The number of nitrogens with one attached hydrogen (secondary N) is 1. The zero-order chi connectivity index (χ0) is 24.8. The molecular formula is C26H30N2O6. The lowest BCUT2D eigenvalue weighted by Crippen LogP contribution is -2.48. The van der Waals surface area contributed by atoms with Crippen molar-refractivity contribution < 1.29 is 28.7 Å². The molecule has 1 aliphatic heterocycles. The molecule has 2 aromatic rings. The molecule has 3 amide bonds.